The van der Waals surface area contributed by atoms with E-state index < -0.39 is 0 Å². The Kier molecular flexibility index (Phi) is 8.84. The summed E-state index contributed by atoms with van der Waals surface area (Å²) >= 11 is 0. The van der Waals surface area contributed by atoms with E-state index in [4.69, 9.17) is 19.6 Å². The molecular formula is C33H40N2O4. The second-order valence-electron chi connectivity index (χ2n) is 10.7. The predicted molar refractivity (Wildman–Crippen MR) is 155 cm³/mol. The van der Waals surface area contributed by atoms with E-state index in [1.807, 2.05) is 37.5 Å². The molecule has 1 aliphatic heterocycles. The van der Waals surface area contributed by atoms with E-state index in [9.17, 15) is 4.79 Å². The first-order valence-electron chi connectivity index (χ1n) is 14.3. The lowest BCUT2D eigenvalue weighted by atomic mass is 9.78. The summed E-state index contributed by atoms with van der Waals surface area (Å²) in [5.41, 5.74) is 12.6. The normalized spacial score (nSPS) is 19.7. The molecule has 0 radical (unpaired) electrons. The predicted octanol–water partition coefficient (Wildman–Crippen LogP) is 6.28. The number of hydrogen-bond acceptors (Lipinski definition) is 6. The van der Waals surface area contributed by atoms with Crippen molar-refractivity contribution in [1.82, 2.24) is 4.90 Å². The van der Waals surface area contributed by atoms with Crippen LogP contribution in [0.5, 0.6) is 5.75 Å². The smallest absolute Gasteiger partial charge is 0.310 e. The van der Waals surface area contributed by atoms with Crippen LogP contribution in [-0.4, -0.2) is 37.1 Å². The first kappa shape index (κ1) is 27.2. The zero-order valence-electron chi connectivity index (χ0n) is 23.2. The molecule has 2 heterocycles. The SMILES string of the molecule is CCOC(=O)Cc1ccccc1OCc1coc2c(CN3CCCCC3)cc(C3C=CC=C(CN)C3C)cc12. The van der Waals surface area contributed by atoms with Crippen LogP contribution in [-0.2, 0) is 29.1 Å². The van der Waals surface area contributed by atoms with Gasteiger partial charge in [0.2, 0.25) is 0 Å². The molecule has 2 aliphatic rings. The van der Waals surface area contributed by atoms with Crippen LogP contribution in [0.2, 0.25) is 0 Å². The van der Waals surface area contributed by atoms with Gasteiger partial charge in [-0.05, 0) is 56.5 Å². The van der Waals surface area contributed by atoms with Gasteiger partial charge in [0.15, 0.2) is 0 Å². The minimum absolute atomic E-state index is 0.184. The number of rotatable bonds is 10. The van der Waals surface area contributed by atoms with Crippen molar-refractivity contribution < 1.29 is 18.7 Å². The number of esters is 1. The van der Waals surface area contributed by atoms with Crippen LogP contribution in [0.4, 0.5) is 0 Å². The van der Waals surface area contributed by atoms with E-state index >= 15 is 0 Å². The van der Waals surface area contributed by atoms with Crippen molar-refractivity contribution in [3.8, 4) is 5.75 Å². The number of benzene rings is 2. The standard InChI is InChI=1S/C33H40N2O4/c1-3-37-32(36)18-24-10-5-6-13-31(24)38-21-28-22-39-33-27(20-35-14-7-4-8-15-35)16-26(17-30(28)33)29-12-9-11-25(19-34)23(29)2/h5-6,9-13,16-17,22-23,29H,3-4,7-8,14-15,18-21,34H2,1-2H3. The van der Waals surface area contributed by atoms with Gasteiger partial charge in [-0.15, -0.1) is 0 Å². The Morgan fingerprint density at radius 1 is 1.10 bits per heavy atom. The molecule has 2 atom stereocenters. The van der Waals surface area contributed by atoms with Gasteiger partial charge in [-0.1, -0.05) is 61.4 Å². The van der Waals surface area contributed by atoms with Crippen LogP contribution in [0, 0.1) is 5.92 Å². The quantitative estimate of drug-likeness (QED) is 0.312. The Balaban J connectivity index is 1.46. The van der Waals surface area contributed by atoms with Crippen molar-refractivity contribution >= 4 is 16.9 Å². The van der Waals surface area contributed by atoms with Gasteiger partial charge < -0.3 is 19.6 Å². The molecule has 0 spiro atoms. The highest BCUT2D eigenvalue weighted by Gasteiger charge is 2.25. The van der Waals surface area contributed by atoms with Crippen molar-refractivity contribution in [2.75, 3.05) is 26.2 Å². The molecule has 2 N–H and O–H groups in total. The van der Waals surface area contributed by atoms with Gasteiger partial charge in [-0.2, -0.15) is 0 Å². The van der Waals surface area contributed by atoms with Crippen LogP contribution in [0.25, 0.3) is 11.0 Å². The number of carbonyl (C=O) groups is 1. The van der Waals surface area contributed by atoms with Crippen molar-refractivity contribution in [2.24, 2.45) is 11.7 Å². The van der Waals surface area contributed by atoms with E-state index in [1.54, 1.807) is 0 Å². The highest BCUT2D eigenvalue weighted by molar-refractivity contribution is 5.85. The van der Waals surface area contributed by atoms with Gasteiger partial charge in [0.05, 0.1) is 19.3 Å². The second kappa shape index (κ2) is 12.7. The average Bonchev–Trinajstić information content (AvgIpc) is 3.36. The van der Waals surface area contributed by atoms with Gasteiger partial charge >= 0.3 is 5.97 Å². The topological polar surface area (TPSA) is 77.9 Å². The molecule has 0 saturated carbocycles. The number of fused-ring (bicyclic) bond motifs is 1. The Morgan fingerprint density at radius 2 is 1.92 bits per heavy atom. The number of furan rings is 1. The van der Waals surface area contributed by atoms with E-state index in [0.29, 0.717) is 31.4 Å². The first-order chi connectivity index (χ1) is 19.1. The molecule has 39 heavy (non-hydrogen) atoms. The molecule has 6 nitrogen and oxygen atoms in total. The Bertz CT molecular complexity index is 1350. The maximum atomic E-state index is 12.1. The van der Waals surface area contributed by atoms with Crippen LogP contribution < -0.4 is 10.5 Å². The van der Waals surface area contributed by atoms with Gasteiger partial charge in [0.1, 0.15) is 17.9 Å². The number of carbonyl (C=O) groups excluding carboxylic acids is 1. The number of hydrogen-bond donors (Lipinski definition) is 1. The Morgan fingerprint density at radius 3 is 2.72 bits per heavy atom. The summed E-state index contributed by atoms with van der Waals surface area (Å²) in [6, 6.07) is 12.3. The zero-order chi connectivity index (χ0) is 27.2. The molecule has 206 valence electrons. The lowest BCUT2D eigenvalue weighted by molar-refractivity contribution is -0.142. The highest BCUT2D eigenvalue weighted by atomic mass is 16.5. The van der Waals surface area contributed by atoms with E-state index in [1.165, 1.54) is 36.0 Å². The van der Waals surface area contributed by atoms with Crippen molar-refractivity contribution in [1.29, 1.82) is 0 Å². The average molecular weight is 529 g/mol. The van der Waals surface area contributed by atoms with Crippen LogP contribution in [0.15, 0.2) is 70.9 Å². The minimum Gasteiger partial charge on any atom is -0.488 e. The summed E-state index contributed by atoms with van der Waals surface area (Å²) in [5.74, 6) is 1.02. The van der Waals surface area contributed by atoms with Crippen LogP contribution in [0.1, 0.15) is 61.3 Å². The number of nitrogens with two attached hydrogens (primary N) is 1. The van der Waals surface area contributed by atoms with Gasteiger partial charge in [-0.25, -0.2) is 0 Å². The lowest BCUT2D eigenvalue weighted by Crippen LogP contribution is -2.29. The lowest BCUT2D eigenvalue weighted by Gasteiger charge is -2.29. The van der Waals surface area contributed by atoms with Crippen molar-refractivity contribution in [3.63, 3.8) is 0 Å². The largest absolute Gasteiger partial charge is 0.488 e. The zero-order valence-corrected chi connectivity index (χ0v) is 23.2. The van der Waals surface area contributed by atoms with Crippen LogP contribution >= 0.6 is 0 Å². The summed E-state index contributed by atoms with van der Waals surface area (Å²) in [7, 11) is 0. The van der Waals surface area contributed by atoms with Crippen molar-refractivity contribution in [2.45, 2.75) is 58.6 Å². The van der Waals surface area contributed by atoms with Crippen molar-refractivity contribution in [3.05, 3.63) is 88.7 Å². The monoisotopic (exact) mass is 528 g/mol. The maximum absolute atomic E-state index is 12.1. The summed E-state index contributed by atoms with van der Waals surface area (Å²) in [6.07, 6.45) is 12.4. The second-order valence-corrected chi connectivity index (χ2v) is 10.7. The highest BCUT2D eigenvalue weighted by Crippen LogP contribution is 2.38. The molecule has 6 heteroatoms. The molecule has 3 aromatic rings. The number of piperidine rings is 1. The molecular weight excluding hydrogens is 488 g/mol. The van der Waals surface area contributed by atoms with E-state index in [0.717, 1.165) is 41.7 Å². The molecule has 2 aromatic carbocycles. The molecule has 1 saturated heterocycles. The minimum atomic E-state index is -0.255. The fraction of sp³-hybridized carbons (Fsp3) is 0.424. The molecule has 1 aliphatic carbocycles. The number of allylic oxidation sites excluding steroid dienone is 3. The van der Waals surface area contributed by atoms with Gasteiger partial charge in [-0.3, -0.25) is 9.69 Å². The third-order valence-electron chi connectivity index (χ3n) is 8.06. The molecule has 0 amide bonds. The summed E-state index contributed by atoms with van der Waals surface area (Å²) in [5, 5.41) is 1.09. The fourth-order valence-electron chi connectivity index (χ4n) is 5.88. The summed E-state index contributed by atoms with van der Waals surface area (Å²) in [4.78, 5) is 14.7. The van der Waals surface area contributed by atoms with Gasteiger partial charge in [0.25, 0.3) is 0 Å². The fourth-order valence-corrected chi connectivity index (χ4v) is 5.88. The molecule has 5 rings (SSSR count). The number of nitrogens with zero attached hydrogens (tertiary/aromatic N) is 1. The third-order valence-corrected chi connectivity index (χ3v) is 8.06. The summed E-state index contributed by atoms with van der Waals surface area (Å²) in [6.45, 7) is 8.49. The maximum Gasteiger partial charge on any atom is 0.310 e. The molecule has 0 bridgehead atoms. The third kappa shape index (κ3) is 6.29. The van der Waals surface area contributed by atoms with E-state index in [2.05, 4.69) is 42.2 Å². The van der Waals surface area contributed by atoms with E-state index in [-0.39, 0.29) is 18.3 Å². The molecule has 1 aromatic heterocycles. The Labute approximate surface area is 231 Å². The Hall–Kier alpha value is -3.35. The number of para-hydroxylation sites is 1. The first-order valence-corrected chi connectivity index (χ1v) is 14.3. The number of likely N-dealkylation sites (tertiary alicyclic amines) is 1. The van der Waals surface area contributed by atoms with Gasteiger partial charge in [0, 0.05) is 41.1 Å². The molecule has 2 unspecified atom stereocenters. The number of ether oxygens (including phenoxy) is 2. The van der Waals surface area contributed by atoms with Crippen LogP contribution in [0.3, 0.4) is 0 Å². The summed E-state index contributed by atoms with van der Waals surface area (Å²) < 4.78 is 17.6. The molecule has 1 fully saturated rings.